The van der Waals surface area contributed by atoms with Crippen molar-refractivity contribution in [1.82, 2.24) is 5.32 Å². The molecular formula is C14H21NO2. The fraction of sp³-hybridized carbons (Fsp3) is 0.571. The molecule has 1 saturated heterocycles. The summed E-state index contributed by atoms with van der Waals surface area (Å²) in [5.74, 6) is 0.985. The van der Waals surface area contributed by atoms with E-state index in [1.807, 2.05) is 12.1 Å². The van der Waals surface area contributed by atoms with Crippen molar-refractivity contribution in [2.24, 2.45) is 0 Å². The first kappa shape index (κ1) is 12.4. The van der Waals surface area contributed by atoms with Gasteiger partial charge in [0.25, 0.3) is 0 Å². The van der Waals surface area contributed by atoms with E-state index in [9.17, 15) is 0 Å². The lowest BCUT2D eigenvalue weighted by atomic mass is 10.1. The Kier molecular flexibility index (Phi) is 4.02. The first-order chi connectivity index (χ1) is 8.22. The van der Waals surface area contributed by atoms with Crippen LogP contribution in [0.1, 0.15) is 17.5 Å². The minimum absolute atomic E-state index is 0.142. The number of ether oxygens (including phenoxy) is 2. The zero-order chi connectivity index (χ0) is 12.3. The maximum absolute atomic E-state index is 6.11. The summed E-state index contributed by atoms with van der Waals surface area (Å²) in [5, 5.41) is 3.32. The normalized spacial score (nSPS) is 24.6. The highest BCUT2D eigenvalue weighted by Gasteiger charge is 2.26. The average Bonchev–Trinajstić information content (AvgIpc) is 2.35. The molecule has 0 bridgehead atoms. The molecule has 0 unspecified atom stereocenters. The van der Waals surface area contributed by atoms with Crippen molar-refractivity contribution in [3.63, 3.8) is 0 Å². The van der Waals surface area contributed by atoms with Crippen LogP contribution in [0.5, 0.6) is 5.75 Å². The first-order valence-electron chi connectivity index (χ1n) is 6.18. The van der Waals surface area contributed by atoms with E-state index in [-0.39, 0.29) is 12.2 Å². The Hall–Kier alpha value is -1.06. The van der Waals surface area contributed by atoms with E-state index in [0.717, 1.165) is 25.3 Å². The highest BCUT2D eigenvalue weighted by atomic mass is 16.5. The van der Waals surface area contributed by atoms with Crippen LogP contribution >= 0.6 is 0 Å². The summed E-state index contributed by atoms with van der Waals surface area (Å²) in [7, 11) is 1.75. The fourth-order valence-corrected chi connectivity index (χ4v) is 2.19. The van der Waals surface area contributed by atoms with Gasteiger partial charge >= 0.3 is 0 Å². The van der Waals surface area contributed by atoms with E-state index in [2.05, 4.69) is 25.2 Å². The largest absolute Gasteiger partial charge is 0.487 e. The molecule has 1 aromatic rings. The van der Waals surface area contributed by atoms with Gasteiger partial charge in [0.1, 0.15) is 18.0 Å². The molecule has 17 heavy (non-hydrogen) atoms. The number of hydrogen-bond donors (Lipinski definition) is 1. The second kappa shape index (κ2) is 5.52. The summed E-state index contributed by atoms with van der Waals surface area (Å²) in [6.45, 7) is 6.08. The SMILES string of the molecule is CO[C@H]1CNCC[C@@H]1Oc1cccc(C)c1C. The zero-order valence-corrected chi connectivity index (χ0v) is 10.8. The quantitative estimate of drug-likeness (QED) is 0.870. The van der Waals surface area contributed by atoms with Gasteiger partial charge in [-0.1, -0.05) is 12.1 Å². The third-order valence-electron chi connectivity index (χ3n) is 3.50. The van der Waals surface area contributed by atoms with Gasteiger partial charge in [0.2, 0.25) is 0 Å². The summed E-state index contributed by atoms with van der Waals surface area (Å²) in [5.41, 5.74) is 2.49. The first-order valence-corrected chi connectivity index (χ1v) is 6.18. The minimum Gasteiger partial charge on any atom is -0.487 e. The number of piperidine rings is 1. The number of rotatable bonds is 3. The van der Waals surface area contributed by atoms with E-state index >= 15 is 0 Å². The Bertz CT molecular complexity index is 378. The van der Waals surface area contributed by atoms with Crippen molar-refractivity contribution in [2.75, 3.05) is 20.2 Å². The summed E-state index contributed by atoms with van der Waals surface area (Å²) in [4.78, 5) is 0. The van der Waals surface area contributed by atoms with Crippen LogP contribution in [0.25, 0.3) is 0 Å². The number of nitrogens with one attached hydrogen (secondary N) is 1. The van der Waals surface area contributed by atoms with Gasteiger partial charge in [-0.3, -0.25) is 0 Å². The molecule has 2 rings (SSSR count). The van der Waals surface area contributed by atoms with Crippen molar-refractivity contribution in [1.29, 1.82) is 0 Å². The third kappa shape index (κ3) is 2.79. The van der Waals surface area contributed by atoms with E-state index in [4.69, 9.17) is 9.47 Å². The molecule has 1 heterocycles. The Morgan fingerprint density at radius 3 is 2.82 bits per heavy atom. The van der Waals surface area contributed by atoms with Crippen LogP contribution < -0.4 is 10.1 Å². The van der Waals surface area contributed by atoms with Gasteiger partial charge in [-0.15, -0.1) is 0 Å². The highest BCUT2D eigenvalue weighted by Crippen LogP contribution is 2.24. The number of aryl methyl sites for hydroxylation is 1. The summed E-state index contributed by atoms with van der Waals surface area (Å²) < 4.78 is 11.6. The predicted molar refractivity (Wildman–Crippen MR) is 68.6 cm³/mol. The van der Waals surface area contributed by atoms with Gasteiger partial charge in [-0.2, -0.15) is 0 Å². The Morgan fingerprint density at radius 2 is 2.06 bits per heavy atom. The predicted octanol–water partition coefficient (Wildman–Crippen LogP) is 2.06. The smallest absolute Gasteiger partial charge is 0.127 e. The topological polar surface area (TPSA) is 30.5 Å². The van der Waals surface area contributed by atoms with E-state index in [1.54, 1.807) is 7.11 Å². The Morgan fingerprint density at radius 1 is 1.24 bits per heavy atom. The van der Waals surface area contributed by atoms with Crippen molar-refractivity contribution >= 4 is 0 Å². The number of methoxy groups -OCH3 is 1. The van der Waals surface area contributed by atoms with E-state index in [1.165, 1.54) is 11.1 Å². The van der Waals surface area contributed by atoms with Crippen molar-refractivity contribution in [2.45, 2.75) is 32.5 Å². The molecule has 0 aromatic heterocycles. The lowest BCUT2D eigenvalue weighted by Gasteiger charge is -2.32. The van der Waals surface area contributed by atoms with Gasteiger partial charge in [-0.25, -0.2) is 0 Å². The lowest BCUT2D eigenvalue weighted by molar-refractivity contribution is -0.0144. The van der Waals surface area contributed by atoms with Gasteiger partial charge < -0.3 is 14.8 Å². The maximum Gasteiger partial charge on any atom is 0.127 e. The van der Waals surface area contributed by atoms with Crippen LogP contribution in [0, 0.1) is 13.8 Å². The van der Waals surface area contributed by atoms with Crippen molar-refractivity contribution < 1.29 is 9.47 Å². The van der Waals surface area contributed by atoms with Gasteiger partial charge in [-0.05, 0) is 44.0 Å². The number of benzene rings is 1. The molecule has 3 heteroatoms. The molecule has 1 fully saturated rings. The second-order valence-electron chi connectivity index (χ2n) is 4.62. The van der Waals surface area contributed by atoms with Crippen molar-refractivity contribution in [3.05, 3.63) is 29.3 Å². The van der Waals surface area contributed by atoms with E-state index in [0.29, 0.717) is 0 Å². The molecule has 1 aliphatic rings. The zero-order valence-electron chi connectivity index (χ0n) is 10.8. The van der Waals surface area contributed by atoms with E-state index < -0.39 is 0 Å². The standard InChI is InChI=1S/C14H21NO2/c1-10-5-4-6-12(11(10)2)17-13-7-8-15-9-14(13)16-3/h4-6,13-15H,7-9H2,1-3H3/t13-,14-/m0/s1. The molecule has 1 aliphatic heterocycles. The molecule has 0 radical (unpaired) electrons. The van der Waals surface area contributed by atoms with Gasteiger partial charge in [0.05, 0.1) is 0 Å². The van der Waals surface area contributed by atoms with Crippen LogP contribution in [0.3, 0.4) is 0 Å². The molecule has 0 aliphatic carbocycles. The minimum atomic E-state index is 0.142. The molecule has 0 amide bonds. The molecule has 94 valence electrons. The summed E-state index contributed by atoms with van der Waals surface area (Å²) in [6.07, 6.45) is 1.29. The van der Waals surface area contributed by atoms with Crippen LogP contribution in [0.2, 0.25) is 0 Å². The van der Waals surface area contributed by atoms with Crippen LogP contribution in [-0.4, -0.2) is 32.4 Å². The molecular weight excluding hydrogens is 214 g/mol. The average molecular weight is 235 g/mol. The molecule has 3 nitrogen and oxygen atoms in total. The van der Waals surface area contributed by atoms with Gasteiger partial charge in [0, 0.05) is 13.7 Å². The fourth-order valence-electron chi connectivity index (χ4n) is 2.19. The third-order valence-corrected chi connectivity index (χ3v) is 3.50. The summed E-state index contributed by atoms with van der Waals surface area (Å²) in [6, 6.07) is 6.19. The van der Waals surface area contributed by atoms with Crippen molar-refractivity contribution in [3.8, 4) is 5.75 Å². The lowest BCUT2D eigenvalue weighted by Crippen LogP contribution is -2.47. The Balaban J connectivity index is 2.11. The molecule has 1 aromatic carbocycles. The summed E-state index contributed by atoms with van der Waals surface area (Å²) >= 11 is 0. The van der Waals surface area contributed by atoms with Crippen LogP contribution in [0.15, 0.2) is 18.2 Å². The maximum atomic E-state index is 6.11. The molecule has 1 N–H and O–H groups in total. The molecule has 0 saturated carbocycles. The van der Waals surface area contributed by atoms with Crippen LogP contribution in [-0.2, 0) is 4.74 Å². The second-order valence-corrected chi connectivity index (χ2v) is 4.62. The van der Waals surface area contributed by atoms with Crippen LogP contribution in [0.4, 0.5) is 0 Å². The Labute approximate surface area is 103 Å². The molecule has 0 spiro atoms. The van der Waals surface area contributed by atoms with Gasteiger partial charge in [0.15, 0.2) is 0 Å². The molecule has 2 atom stereocenters. The number of hydrogen-bond acceptors (Lipinski definition) is 3. The monoisotopic (exact) mass is 235 g/mol. The highest BCUT2D eigenvalue weighted by molar-refractivity contribution is 5.38.